The number of rotatable bonds is 8. The van der Waals surface area contributed by atoms with Crippen LogP contribution in [-0.4, -0.2) is 57.4 Å². The van der Waals surface area contributed by atoms with Crippen molar-refractivity contribution in [3.63, 3.8) is 0 Å². The second-order valence-electron chi connectivity index (χ2n) is 18.6. The van der Waals surface area contributed by atoms with Crippen LogP contribution in [0.5, 0.6) is 5.88 Å². The monoisotopic (exact) mass is 1030 g/mol. The smallest absolute Gasteiger partial charge is 0.280 e. The summed E-state index contributed by atoms with van der Waals surface area (Å²) in [5, 5.41) is 11.0. The zero-order valence-electron chi connectivity index (χ0n) is 41.6. The SMILES string of the molecule is Cc1cc(C)c(-c2cc(C)c(C3=NC(=O)c4c(-c5sc(-c6oc(C)cc6C)cc5C)[nH]c(O)c43)s2)o1.Cc1cc(C)c(-c2ccc(C3=C4C(=O)N(C)C(c5ccc(-c6sc(C)cc6C)o5)=C4C(=O)N3C)o2)s1. The lowest BCUT2D eigenvalue weighted by Crippen LogP contribution is -2.25. The lowest BCUT2D eigenvalue weighted by molar-refractivity contribution is -0.123. The van der Waals surface area contributed by atoms with Crippen molar-refractivity contribution in [3.05, 3.63) is 154 Å². The number of aromatic amines is 1. The van der Waals surface area contributed by atoms with Gasteiger partial charge in [0.25, 0.3) is 17.7 Å². The molecule has 0 fully saturated rings. The molecule has 3 amide bonds. The Morgan fingerprint density at radius 3 is 1.36 bits per heavy atom. The van der Waals surface area contributed by atoms with Gasteiger partial charge >= 0.3 is 0 Å². The fourth-order valence-electron chi connectivity index (χ4n) is 9.97. The minimum atomic E-state index is -0.356. The number of carbonyl (C=O) groups excluding carboxylic acids is 3. The quantitative estimate of drug-likeness (QED) is 0.152. The van der Waals surface area contributed by atoms with Crippen molar-refractivity contribution < 1.29 is 37.2 Å². The van der Waals surface area contributed by atoms with Gasteiger partial charge in [0.05, 0.1) is 62.9 Å². The number of aliphatic imine (C=N–C) groups is 1. The van der Waals surface area contributed by atoms with Gasteiger partial charge in [-0.05, 0) is 163 Å². The second kappa shape index (κ2) is 17.2. The second-order valence-corrected chi connectivity index (χ2v) is 23.2. The summed E-state index contributed by atoms with van der Waals surface area (Å²) < 4.78 is 24.3. The normalized spacial score (nSPS) is 14.4. The Morgan fingerprint density at radius 2 is 0.931 bits per heavy atom. The van der Waals surface area contributed by atoms with Gasteiger partial charge in [0.15, 0.2) is 17.4 Å². The molecule has 364 valence electrons. The highest BCUT2D eigenvalue weighted by molar-refractivity contribution is 7.19. The number of hydrogen-bond donors (Lipinski definition) is 2. The van der Waals surface area contributed by atoms with E-state index < -0.39 is 0 Å². The third-order valence-electron chi connectivity index (χ3n) is 13.1. The van der Waals surface area contributed by atoms with Crippen LogP contribution >= 0.6 is 45.3 Å². The summed E-state index contributed by atoms with van der Waals surface area (Å²) >= 11 is 6.36. The van der Waals surface area contributed by atoms with Crippen LogP contribution in [0.4, 0.5) is 0 Å². The Morgan fingerprint density at radius 1 is 0.500 bits per heavy atom. The maximum absolute atomic E-state index is 13.5. The first-order valence-electron chi connectivity index (χ1n) is 23.1. The molecular weight excluding hydrogens is 985 g/mol. The van der Waals surface area contributed by atoms with Crippen molar-refractivity contribution in [1.82, 2.24) is 14.8 Å². The number of furan rings is 4. The predicted molar refractivity (Wildman–Crippen MR) is 286 cm³/mol. The highest BCUT2D eigenvalue weighted by atomic mass is 32.1. The van der Waals surface area contributed by atoms with Crippen LogP contribution in [0.2, 0.25) is 0 Å². The van der Waals surface area contributed by atoms with Crippen molar-refractivity contribution >= 4 is 80.2 Å². The first-order chi connectivity index (χ1) is 34.3. The Hall–Kier alpha value is -7.24. The van der Waals surface area contributed by atoms with E-state index in [0.717, 1.165) is 97.2 Å². The summed E-state index contributed by atoms with van der Waals surface area (Å²) in [4.78, 5) is 58.8. The summed E-state index contributed by atoms with van der Waals surface area (Å²) in [5.74, 6) is 4.86. The molecule has 0 atom stereocenters. The molecule has 0 bridgehead atoms. The van der Waals surface area contributed by atoms with Gasteiger partial charge in [-0.3, -0.25) is 14.4 Å². The Balaban J connectivity index is 0.000000156. The number of nitrogens with zero attached hydrogens (tertiary/aromatic N) is 3. The van der Waals surface area contributed by atoms with Crippen molar-refractivity contribution in [2.45, 2.75) is 69.2 Å². The molecule has 12 rings (SSSR count). The topological polar surface area (TPSA) is 159 Å². The van der Waals surface area contributed by atoms with Gasteiger partial charge in [0.2, 0.25) is 0 Å². The average Bonchev–Trinajstić information content (AvgIpc) is 4.16. The lowest BCUT2D eigenvalue weighted by atomic mass is 10.0. The predicted octanol–water partition coefficient (Wildman–Crippen LogP) is 14.5. The van der Waals surface area contributed by atoms with Crippen LogP contribution in [0.1, 0.15) is 87.0 Å². The van der Waals surface area contributed by atoms with Crippen LogP contribution in [0.25, 0.3) is 64.5 Å². The fourth-order valence-corrected chi connectivity index (χ4v) is 14.4. The van der Waals surface area contributed by atoms with E-state index in [2.05, 4.69) is 42.0 Å². The molecule has 0 saturated carbocycles. The van der Waals surface area contributed by atoms with Crippen molar-refractivity contribution in [2.75, 3.05) is 14.1 Å². The van der Waals surface area contributed by atoms with Gasteiger partial charge in [-0.1, -0.05) is 0 Å². The third-order valence-corrected chi connectivity index (χ3v) is 17.9. The van der Waals surface area contributed by atoms with Gasteiger partial charge in [-0.2, -0.15) is 0 Å². The Labute approximate surface area is 430 Å². The van der Waals surface area contributed by atoms with Crippen LogP contribution in [0.3, 0.4) is 0 Å². The molecule has 12 heterocycles. The molecule has 72 heavy (non-hydrogen) atoms. The van der Waals surface area contributed by atoms with Gasteiger partial charge < -0.3 is 37.6 Å². The molecule has 9 aromatic rings. The zero-order chi connectivity index (χ0) is 50.9. The number of fused-ring (bicyclic) bond motifs is 2. The number of carbonyl (C=O) groups is 3. The van der Waals surface area contributed by atoms with Crippen molar-refractivity contribution in [2.24, 2.45) is 4.99 Å². The van der Waals surface area contributed by atoms with Crippen LogP contribution in [-0.2, 0) is 9.59 Å². The number of amides is 3. The number of likely N-dealkylation sites (N-methyl/N-ethyl adjacent to an activating group) is 2. The molecule has 0 aliphatic carbocycles. The number of H-pyrrole nitrogens is 1. The highest BCUT2D eigenvalue weighted by Gasteiger charge is 2.48. The van der Waals surface area contributed by atoms with E-state index in [9.17, 15) is 19.5 Å². The van der Waals surface area contributed by atoms with Gasteiger partial charge in [0.1, 0.15) is 46.0 Å². The van der Waals surface area contributed by atoms with Gasteiger partial charge in [-0.15, -0.1) is 45.3 Å². The minimum Gasteiger partial charge on any atom is -0.494 e. The van der Waals surface area contributed by atoms with E-state index in [1.165, 1.54) is 42.2 Å². The summed E-state index contributed by atoms with van der Waals surface area (Å²) in [5.41, 5.74) is 9.97. The summed E-state index contributed by atoms with van der Waals surface area (Å²) in [6.07, 6.45) is 0. The first kappa shape index (κ1) is 47.1. The van der Waals surface area contributed by atoms with E-state index in [1.54, 1.807) is 36.8 Å². The number of aromatic hydroxyl groups is 1. The zero-order valence-corrected chi connectivity index (χ0v) is 44.8. The number of hydrogen-bond acceptors (Lipinski definition) is 12. The number of aromatic nitrogens is 1. The Bertz CT molecular complexity index is 3770. The number of nitrogens with one attached hydrogen (secondary N) is 1. The van der Waals surface area contributed by atoms with Crippen molar-refractivity contribution in [3.8, 4) is 59.0 Å². The van der Waals surface area contributed by atoms with E-state index in [0.29, 0.717) is 56.6 Å². The minimum absolute atomic E-state index is 0.0525. The summed E-state index contributed by atoms with van der Waals surface area (Å²) in [6, 6.07) is 19.8. The first-order valence-corrected chi connectivity index (χ1v) is 26.4. The van der Waals surface area contributed by atoms with E-state index in [-0.39, 0.29) is 23.6 Å². The molecule has 9 aromatic heterocycles. The van der Waals surface area contributed by atoms with Gasteiger partial charge in [0, 0.05) is 23.8 Å². The molecule has 3 aliphatic rings. The van der Waals surface area contributed by atoms with Crippen LogP contribution < -0.4 is 0 Å². The van der Waals surface area contributed by atoms with Gasteiger partial charge in [-0.25, -0.2) is 4.99 Å². The molecule has 0 aromatic carbocycles. The van der Waals surface area contributed by atoms with Crippen LogP contribution in [0, 0.1) is 69.2 Å². The number of thiophene rings is 4. The maximum Gasteiger partial charge on any atom is 0.280 e. The van der Waals surface area contributed by atoms with E-state index in [4.69, 9.17) is 17.7 Å². The molecule has 3 aliphatic heterocycles. The molecule has 0 radical (unpaired) electrons. The fraction of sp³-hybridized carbons (Fsp3) is 0.214. The molecule has 2 N–H and O–H groups in total. The molecule has 0 unspecified atom stereocenters. The Kier molecular flexibility index (Phi) is 11.3. The van der Waals surface area contributed by atoms with E-state index >= 15 is 0 Å². The molecule has 12 nitrogen and oxygen atoms in total. The summed E-state index contributed by atoms with van der Waals surface area (Å²) in [6.45, 7) is 20.1. The van der Waals surface area contributed by atoms with E-state index in [1.807, 2.05) is 97.9 Å². The largest absolute Gasteiger partial charge is 0.494 e. The maximum atomic E-state index is 13.5. The molecule has 16 heteroatoms. The highest BCUT2D eigenvalue weighted by Crippen LogP contribution is 2.49. The molecule has 0 spiro atoms. The van der Waals surface area contributed by atoms with Crippen LogP contribution in [0.15, 0.2) is 94.5 Å². The average molecular weight is 1030 g/mol. The van der Waals surface area contributed by atoms with Crippen molar-refractivity contribution in [1.29, 1.82) is 0 Å². The molecule has 0 saturated heterocycles. The standard InChI is InChI=1S/2C28H24N2O4S2/c1-11-7-15(5)33-23(11)17-9-13(3)25(35-17)21-19-20(28(32)29-21)22(30-27(19)31)26-14(4)10-18(36-26)24-12(2)8-16(6)34-24;1-13-11-15(3)35-25(13)19-9-7-17(33-19)23-21-22(28(32)29(23)5)24(30(6)27(21)31)18-8-10-20(34-18)26-14(2)12-16(4)36-26/h7-10,29,32H,1-6H3;7-12H,1-6H3. The summed E-state index contributed by atoms with van der Waals surface area (Å²) in [7, 11) is 3.35. The molecular formula is C56H48N4O8S4. The number of aryl methyl sites for hydroxylation is 10. The third kappa shape index (κ3) is 7.49. The lowest BCUT2D eigenvalue weighted by Gasteiger charge is -2.17.